The zero-order chi connectivity index (χ0) is 15.1. The molecule has 2 rings (SSSR count). The van der Waals surface area contributed by atoms with Gasteiger partial charge in [-0.3, -0.25) is 4.90 Å². The lowest BCUT2D eigenvalue weighted by molar-refractivity contribution is -0.109. The van der Waals surface area contributed by atoms with Gasteiger partial charge >= 0.3 is 0 Å². The van der Waals surface area contributed by atoms with E-state index in [-0.39, 0.29) is 6.10 Å². The van der Waals surface area contributed by atoms with E-state index in [2.05, 4.69) is 18.7 Å². The van der Waals surface area contributed by atoms with Gasteiger partial charge in [0.1, 0.15) is 23.9 Å². The molecule has 0 radical (unpaired) electrons. The molecule has 0 N–H and O–H groups in total. The average Bonchev–Trinajstić information content (AvgIpc) is 2.49. The van der Waals surface area contributed by atoms with Crippen LogP contribution in [0.3, 0.4) is 0 Å². The van der Waals surface area contributed by atoms with Crippen LogP contribution >= 0.6 is 0 Å². The van der Waals surface area contributed by atoms with Crippen LogP contribution in [0.2, 0.25) is 0 Å². The standard InChI is InChI=1S/C17H25NO3/c1-14(2)13-20-15-3-5-16(6-4-15)21-17-7-9-18(10-8-17)11-12-19/h3-6,12,14,17H,7-11,13H2,1-2H3. The number of nitrogens with zero attached hydrogens (tertiary/aromatic N) is 1. The molecule has 0 aliphatic carbocycles. The van der Waals surface area contributed by atoms with Crippen LogP contribution in [0.4, 0.5) is 0 Å². The highest BCUT2D eigenvalue weighted by Crippen LogP contribution is 2.22. The van der Waals surface area contributed by atoms with Crippen molar-refractivity contribution in [1.29, 1.82) is 0 Å². The summed E-state index contributed by atoms with van der Waals surface area (Å²) in [6.07, 6.45) is 3.16. The summed E-state index contributed by atoms with van der Waals surface area (Å²) >= 11 is 0. The summed E-state index contributed by atoms with van der Waals surface area (Å²) in [5.74, 6) is 2.30. The van der Waals surface area contributed by atoms with Gasteiger partial charge in [-0.25, -0.2) is 0 Å². The fraction of sp³-hybridized carbons (Fsp3) is 0.588. The van der Waals surface area contributed by atoms with Crippen molar-refractivity contribution >= 4 is 6.29 Å². The zero-order valence-corrected chi connectivity index (χ0v) is 13.0. The molecule has 0 amide bonds. The largest absolute Gasteiger partial charge is 0.493 e. The van der Waals surface area contributed by atoms with Gasteiger partial charge in [0.2, 0.25) is 0 Å². The van der Waals surface area contributed by atoms with Gasteiger partial charge < -0.3 is 14.3 Å². The first kappa shape index (κ1) is 15.8. The minimum atomic E-state index is 0.246. The minimum absolute atomic E-state index is 0.246. The van der Waals surface area contributed by atoms with Crippen LogP contribution in [-0.2, 0) is 4.79 Å². The molecule has 1 fully saturated rings. The molecule has 0 bridgehead atoms. The molecule has 1 heterocycles. The molecule has 0 atom stereocenters. The van der Waals surface area contributed by atoms with Gasteiger partial charge in [0.25, 0.3) is 0 Å². The second-order valence-corrected chi connectivity index (χ2v) is 5.96. The Morgan fingerprint density at radius 1 is 1.19 bits per heavy atom. The Morgan fingerprint density at radius 3 is 2.38 bits per heavy atom. The second-order valence-electron chi connectivity index (χ2n) is 5.96. The van der Waals surface area contributed by atoms with Crippen molar-refractivity contribution in [3.8, 4) is 11.5 Å². The molecule has 4 heteroatoms. The van der Waals surface area contributed by atoms with Gasteiger partial charge in [0.15, 0.2) is 0 Å². The first-order chi connectivity index (χ1) is 10.2. The SMILES string of the molecule is CC(C)COc1ccc(OC2CCN(CC=O)CC2)cc1. The Labute approximate surface area is 127 Å². The van der Waals surface area contributed by atoms with E-state index in [4.69, 9.17) is 9.47 Å². The van der Waals surface area contributed by atoms with Gasteiger partial charge in [-0.1, -0.05) is 13.8 Å². The molecule has 1 aliphatic rings. The molecule has 1 saturated heterocycles. The quantitative estimate of drug-likeness (QED) is 0.724. The maximum Gasteiger partial charge on any atom is 0.133 e. The lowest BCUT2D eigenvalue weighted by Crippen LogP contribution is -2.39. The first-order valence-electron chi connectivity index (χ1n) is 7.73. The maximum absolute atomic E-state index is 10.5. The fourth-order valence-corrected chi connectivity index (χ4v) is 2.38. The van der Waals surface area contributed by atoms with E-state index in [0.717, 1.165) is 50.3 Å². The van der Waals surface area contributed by atoms with Gasteiger partial charge in [-0.15, -0.1) is 0 Å². The molecule has 1 aromatic carbocycles. The highest BCUT2D eigenvalue weighted by molar-refractivity contribution is 5.51. The Hall–Kier alpha value is -1.55. The van der Waals surface area contributed by atoms with Crippen molar-refractivity contribution in [2.45, 2.75) is 32.8 Å². The number of ether oxygens (including phenoxy) is 2. The molecule has 1 aliphatic heterocycles. The van der Waals surface area contributed by atoms with E-state index >= 15 is 0 Å². The van der Waals surface area contributed by atoms with Crippen molar-refractivity contribution in [3.05, 3.63) is 24.3 Å². The molecule has 21 heavy (non-hydrogen) atoms. The number of carbonyl (C=O) groups is 1. The first-order valence-corrected chi connectivity index (χ1v) is 7.73. The lowest BCUT2D eigenvalue weighted by Gasteiger charge is -2.30. The van der Waals surface area contributed by atoms with Crippen LogP contribution in [0.15, 0.2) is 24.3 Å². The van der Waals surface area contributed by atoms with Crippen molar-refractivity contribution < 1.29 is 14.3 Å². The predicted octanol–water partition coefficient (Wildman–Crippen LogP) is 2.76. The summed E-state index contributed by atoms with van der Waals surface area (Å²) in [5, 5.41) is 0. The summed E-state index contributed by atoms with van der Waals surface area (Å²) in [6.45, 7) is 7.39. The van der Waals surface area contributed by atoms with Crippen LogP contribution in [0.25, 0.3) is 0 Å². The number of benzene rings is 1. The maximum atomic E-state index is 10.5. The van der Waals surface area contributed by atoms with Crippen LogP contribution in [0, 0.1) is 5.92 Å². The highest BCUT2D eigenvalue weighted by Gasteiger charge is 2.19. The predicted molar refractivity (Wildman–Crippen MR) is 82.9 cm³/mol. The van der Waals surface area contributed by atoms with Crippen molar-refractivity contribution in [3.63, 3.8) is 0 Å². The molecule has 116 valence electrons. The molecule has 0 spiro atoms. The number of hydrogen-bond donors (Lipinski definition) is 0. The van der Waals surface area contributed by atoms with E-state index in [1.807, 2.05) is 24.3 Å². The number of aldehydes is 1. The van der Waals surface area contributed by atoms with Gasteiger partial charge in [0, 0.05) is 13.1 Å². The third-order valence-corrected chi connectivity index (χ3v) is 3.58. The van der Waals surface area contributed by atoms with Gasteiger partial charge in [-0.05, 0) is 43.0 Å². The van der Waals surface area contributed by atoms with E-state index < -0.39 is 0 Å². The molecule has 0 unspecified atom stereocenters. The summed E-state index contributed by atoms with van der Waals surface area (Å²) < 4.78 is 11.6. The van der Waals surface area contributed by atoms with Gasteiger partial charge in [-0.2, -0.15) is 0 Å². The zero-order valence-electron chi connectivity index (χ0n) is 13.0. The lowest BCUT2D eigenvalue weighted by atomic mass is 10.1. The molecule has 0 aromatic heterocycles. The third kappa shape index (κ3) is 5.38. The Bertz CT molecular complexity index is 422. The monoisotopic (exact) mass is 291 g/mol. The van der Waals surface area contributed by atoms with Gasteiger partial charge in [0.05, 0.1) is 13.2 Å². The average molecular weight is 291 g/mol. The van der Waals surface area contributed by atoms with E-state index in [1.165, 1.54) is 0 Å². The summed E-state index contributed by atoms with van der Waals surface area (Å²) in [6, 6.07) is 7.85. The fourth-order valence-electron chi connectivity index (χ4n) is 2.38. The topological polar surface area (TPSA) is 38.8 Å². The Kier molecular flexibility index (Phi) is 6.05. The normalized spacial score (nSPS) is 16.9. The van der Waals surface area contributed by atoms with Crippen LogP contribution < -0.4 is 9.47 Å². The Morgan fingerprint density at radius 2 is 1.81 bits per heavy atom. The summed E-state index contributed by atoms with van der Waals surface area (Å²) in [7, 11) is 0. The van der Waals surface area contributed by atoms with Crippen LogP contribution in [-0.4, -0.2) is 43.5 Å². The molecule has 1 aromatic rings. The number of rotatable bonds is 7. The molecular weight excluding hydrogens is 266 g/mol. The van der Waals surface area contributed by atoms with Crippen molar-refractivity contribution in [2.24, 2.45) is 5.92 Å². The van der Waals surface area contributed by atoms with Crippen LogP contribution in [0.1, 0.15) is 26.7 Å². The molecular formula is C17H25NO3. The Balaban J connectivity index is 1.77. The van der Waals surface area contributed by atoms with E-state index in [1.54, 1.807) is 0 Å². The third-order valence-electron chi connectivity index (χ3n) is 3.58. The van der Waals surface area contributed by atoms with Crippen LogP contribution in [0.5, 0.6) is 11.5 Å². The number of likely N-dealkylation sites (tertiary alicyclic amines) is 1. The number of piperidine rings is 1. The second kappa shape index (κ2) is 8.03. The summed E-state index contributed by atoms with van der Waals surface area (Å²) in [5.41, 5.74) is 0. The molecule has 4 nitrogen and oxygen atoms in total. The number of hydrogen-bond acceptors (Lipinski definition) is 4. The van der Waals surface area contributed by atoms with E-state index in [9.17, 15) is 4.79 Å². The summed E-state index contributed by atoms with van der Waals surface area (Å²) in [4.78, 5) is 12.7. The number of carbonyl (C=O) groups excluding carboxylic acids is 1. The minimum Gasteiger partial charge on any atom is -0.493 e. The highest BCUT2D eigenvalue weighted by atomic mass is 16.5. The van der Waals surface area contributed by atoms with Crippen molar-refractivity contribution in [1.82, 2.24) is 4.90 Å². The molecule has 0 saturated carbocycles. The van der Waals surface area contributed by atoms with E-state index in [0.29, 0.717) is 12.5 Å². The smallest absolute Gasteiger partial charge is 0.133 e. The van der Waals surface area contributed by atoms with Crippen molar-refractivity contribution in [2.75, 3.05) is 26.2 Å².